The minimum atomic E-state index is 0.0508. The van der Waals surface area contributed by atoms with Crippen molar-refractivity contribution in [1.82, 2.24) is 15.2 Å². The van der Waals surface area contributed by atoms with Crippen molar-refractivity contribution in [1.29, 1.82) is 0 Å². The summed E-state index contributed by atoms with van der Waals surface area (Å²) in [5.41, 5.74) is 7.39. The largest absolute Gasteiger partial charge is 0.272 e. The van der Waals surface area contributed by atoms with E-state index in [0.717, 1.165) is 22.8 Å². The Kier molecular flexibility index (Phi) is 4.24. The Balaban J connectivity index is 2.27. The van der Waals surface area contributed by atoms with E-state index in [-0.39, 0.29) is 6.04 Å². The number of rotatable bonds is 4. The lowest BCUT2D eigenvalue weighted by molar-refractivity contribution is 0.546. The predicted octanol–water partition coefficient (Wildman–Crippen LogP) is 2.44. The summed E-state index contributed by atoms with van der Waals surface area (Å²) in [6.07, 6.45) is 0.807. The molecule has 0 aliphatic carbocycles. The van der Waals surface area contributed by atoms with Crippen molar-refractivity contribution < 1.29 is 0 Å². The van der Waals surface area contributed by atoms with E-state index >= 15 is 0 Å². The lowest BCUT2D eigenvalue weighted by Crippen LogP contribution is -2.30. The zero-order chi connectivity index (χ0) is 14.0. The van der Waals surface area contributed by atoms with E-state index in [9.17, 15) is 0 Å². The topological polar surface area (TPSA) is 55.9 Å². The molecule has 1 aromatic carbocycles. The van der Waals surface area contributed by atoms with E-state index in [1.165, 1.54) is 11.1 Å². The molecule has 0 radical (unpaired) electrons. The maximum Gasteiger partial charge on any atom is 0.0644 e. The first-order valence-electron chi connectivity index (χ1n) is 6.23. The zero-order valence-corrected chi connectivity index (χ0v) is 12.2. The highest BCUT2D eigenvalue weighted by molar-refractivity contribution is 6.30. The van der Waals surface area contributed by atoms with Crippen molar-refractivity contribution in [2.75, 3.05) is 0 Å². The van der Waals surface area contributed by atoms with Crippen LogP contribution in [0.3, 0.4) is 0 Å². The van der Waals surface area contributed by atoms with Gasteiger partial charge in [0.25, 0.3) is 0 Å². The standard InChI is InChI=1S/C14H19ClN4/c1-9-14(10(2)19(3)18-9)13(17-16)8-11-4-6-12(15)7-5-11/h4-7,13,17H,8,16H2,1-3H3. The van der Waals surface area contributed by atoms with E-state index in [1.807, 2.05) is 42.9 Å². The van der Waals surface area contributed by atoms with Crippen molar-refractivity contribution in [3.63, 3.8) is 0 Å². The number of hydrazine groups is 1. The Morgan fingerprint density at radius 2 is 1.95 bits per heavy atom. The van der Waals surface area contributed by atoms with Crippen LogP contribution in [0.4, 0.5) is 0 Å². The van der Waals surface area contributed by atoms with Gasteiger partial charge in [-0.2, -0.15) is 5.10 Å². The molecule has 0 fully saturated rings. The van der Waals surface area contributed by atoms with Crippen LogP contribution < -0.4 is 11.3 Å². The van der Waals surface area contributed by atoms with Crippen molar-refractivity contribution >= 4 is 11.6 Å². The minimum absolute atomic E-state index is 0.0508. The quantitative estimate of drug-likeness (QED) is 0.667. The van der Waals surface area contributed by atoms with Crippen molar-refractivity contribution in [3.8, 4) is 0 Å². The lowest BCUT2D eigenvalue weighted by atomic mass is 9.98. The number of aryl methyl sites for hydroxylation is 2. The van der Waals surface area contributed by atoms with Gasteiger partial charge in [-0.3, -0.25) is 16.0 Å². The molecule has 2 aromatic rings. The van der Waals surface area contributed by atoms with Crippen LogP contribution in [0.2, 0.25) is 5.02 Å². The van der Waals surface area contributed by atoms with Gasteiger partial charge in [-0.05, 0) is 38.0 Å². The highest BCUT2D eigenvalue weighted by Crippen LogP contribution is 2.24. The van der Waals surface area contributed by atoms with Gasteiger partial charge in [0.15, 0.2) is 0 Å². The molecule has 4 nitrogen and oxygen atoms in total. The van der Waals surface area contributed by atoms with Gasteiger partial charge in [0.05, 0.1) is 11.7 Å². The Morgan fingerprint density at radius 3 is 2.42 bits per heavy atom. The maximum absolute atomic E-state index is 5.90. The van der Waals surface area contributed by atoms with Gasteiger partial charge in [-0.15, -0.1) is 0 Å². The van der Waals surface area contributed by atoms with Crippen LogP contribution in [0.1, 0.15) is 28.6 Å². The maximum atomic E-state index is 5.90. The third-order valence-corrected chi connectivity index (χ3v) is 3.72. The molecule has 1 unspecified atom stereocenters. The highest BCUT2D eigenvalue weighted by atomic mass is 35.5. The van der Waals surface area contributed by atoms with Crippen molar-refractivity contribution in [2.45, 2.75) is 26.3 Å². The molecule has 0 saturated heterocycles. The number of hydrogen-bond acceptors (Lipinski definition) is 3. The fourth-order valence-corrected chi connectivity index (χ4v) is 2.52. The molecule has 0 aliphatic heterocycles. The number of benzene rings is 1. The lowest BCUT2D eigenvalue weighted by Gasteiger charge is -2.17. The number of nitrogens with two attached hydrogens (primary N) is 1. The average molecular weight is 279 g/mol. The monoisotopic (exact) mass is 278 g/mol. The molecular formula is C14H19ClN4. The molecule has 102 valence electrons. The molecule has 2 rings (SSSR count). The average Bonchev–Trinajstić information content (AvgIpc) is 2.63. The molecule has 0 saturated carbocycles. The summed E-state index contributed by atoms with van der Waals surface area (Å²) in [5, 5.41) is 5.18. The van der Waals surface area contributed by atoms with Crippen LogP contribution in [0, 0.1) is 13.8 Å². The highest BCUT2D eigenvalue weighted by Gasteiger charge is 2.19. The number of hydrogen-bond donors (Lipinski definition) is 2. The SMILES string of the molecule is Cc1nn(C)c(C)c1C(Cc1ccc(Cl)cc1)NN. The Morgan fingerprint density at radius 1 is 1.32 bits per heavy atom. The van der Waals surface area contributed by atoms with Gasteiger partial charge >= 0.3 is 0 Å². The second-order valence-electron chi connectivity index (χ2n) is 4.76. The summed E-state index contributed by atoms with van der Waals surface area (Å²) in [4.78, 5) is 0. The minimum Gasteiger partial charge on any atom is -0.272 e. The Labute approximate surface area is 118 Å². The van der Waals surface area contributed by atoms with Crippen LogP contribution in [0.5, 0.6) is 0 Å². The van der Waals surface area contributed by atoms with E-state index in [4.69, 9.17) is 17.4 Å². The van der Waals surface area contributed by atoms with Crippen LogP contribution in [0.25, 0.3) is 0 Å². The summed E-state index contributed by atoms with van der Waals surface area (Å²) >= 11 is 5.90. The summed E-state index contributed by atoms with van der Waals surface area (Å²) < 4.78 is 1.89. The second-order valence-corrected chi connectivity index (χ2v) is 5.19. The van der Waals surface area contributed by atoms with Gasteiger partial charge < -0.3 is 0 Å². The van der Waals surface area contributed by atoms with Gasteiger partial charge in [-0.25, -0.2) is 0 Å². The van der Waals surface area contributed by atoms with E-state index in [1.54, 1.807) is 0 Å². The first-order chi connectivity index (χ1) is 9.02. The van der Waals surface area contributed by atoms with Crippen LogP contribution in [-0.2, 0) is 13.5 Å². The molecule has 3 N–H and O–H groups in total. The summed E-state index contributed by atoms with van der Waals surface area (Å²) in [6.45, 7) is 4.07. The molecule has 0 bridgehead atoms. The second kappa shape index (κ2) is 5.74. The summed E-state index contributed by atoms with van der Waals surface area (Å²) in [6, 6.07) is 7.89. The number of nitrogens with zero attached hydrogens (tertiary/aromatic N) is 2. The molecule has 1 atom stereocenters. The first-order valence-corrected chi connectivity index (χ1v) is 6.61. The van der Waals surface area contributed by atoms with Gasteiger partial charge in [0, 0.05) is 23.3 Å². The van der Waals surface area contributed by atoms with E-state index in [0.29, 0.717) is 0 Å². The van der Waals surface area contributed by atoms with Crippen LogP contribution in [0.15, 0.2) is 24.3 Å². The fraction of sp³-hybridized carbons (Fsp3) is 0.357. The third-order valence-electron chi connectivity index (χ3n) is 3.47. The molecule has 5 heteroatoms. The Bertz CT molecular complexity index is 560. The predicted molar refractivity (Wildman–Crippen MR) is 77.9 cm³/mol. The molecule has 1 heterocycles. The normalized spacial score (nSPS) is 12.7. The van der Waals surface area contributed by atoms with Gasteiger partial charge in [0.2, 0.25) is 0 Å². The number of aromatic nitrogens is 2. The van der Waals surface area contributed by atoms with Crippen molar-refractivity contribution in [2.24, 2.45) is 12.9 Å². The fourth-order valence-electron chi connectivity index (χ4n) is 2.39. The first kappa shape index (κ1) is 14.1. The molecule has 19 heavy (non-hydrogen) atoms. The number of nitrogens with one attached hydrogen (secondary N) is 1. The molecular weight excluding hydrogens is 260 g/mol. The van der Waals surface area contributed by atoms with Crippen molar-refractivity contribution in [3.05, 3.63) is 51.8 Å². The zero-order valence-electron chi connectivity index (χ0n) is 11.4. The van der Waals surface area contributed by atoms with E-state index < -0.39 is 0 Å². The molecule has 0 aliphatic rings. The number of halogens is 1. The van der Waals surface area contributed by atoms with Gasteiger partial charge in [0.1, 0.15) is 0 Å². The summed E-state index contributed by atoms with van der Waals surface area (Å²) in [7, 11) is 1.95. The van der Waals surface area contributed by atoms with E-state index in [2.05, 4.69) is 17.4 Å². The third kappa shape index (κ3) is 2.97. The summed E-state index contributed by atoms with van der Waals surface area (Å²) in [5.74, 6) is 5.72. The molecule has 0 spiro atoms. The van der Waals surface area contributed by atoms with Gasteiger partial charge in [-0.1, -0.05) is 23.7 Å². The van der Waals surface area contributed by atoms with Crippen LogP contribution >= 0.6 is 11.6 Å². The van der Waals surface area contributed by atoms with Crippen LogP contribution in [-0.4, -0.2) is 9.78 Å². The molecule has 0 amide bonds. The Hall–Kier alpha value is -1.36. The molecule has 1 aromatic heterocycles. The smallest absolute Gasteiger partial charge is 0.0644 e.